The van der Waals surface area contributed by atoms with Gasteiger partial charge in [0.2, 0.25) is 5.76 Å². The van der Waals surface area contributed by atoms with E-state index >= 15 is 0 Å². The first-order valence-corrected chi connectivity index (χ1v) is 11.7. The highest BCUT2D eigenvalue weighted by atomic mass is 35.5. The topological polar surface area (TPSA) is 85.8 Å². The molecular weight excluding hydrogens is 480 g/mol. The van der Waals surface area contributed by atoms with E-state index in [0.29, 0.717) is 38.9 Å². The molecule has 3 aromatic carbocycles. The van der Waals surface area contributed by atoms with Gasteiger partial charge in [-0.15, -0.1) is 0 Å². The maximum atomic E-state index is 13.6. The largest absolute Gasteiger partial charge is 0.489 e. The lowest BCUT2D eigenvalue weighted by Crippen LogP contribution is -2.29. The number of rotatable bonds is 5. The lowest BCUT2D eigenvalue weighted by Gasteiger charge is -2.23. The number of fused-ring (bicyclic) bond motifs is 2. The number of para-hydroxylation sites is 1. The second-order valence-electron chi connectivity index (χ2n) is 8.50. The molecule has 1 aliphatic heterocycles. The fourth-order valence-electron chi connectivity index (χ4n) is 4.49. The molecule has 1 atom stereocenters. The van der Waals surface area contributed by atoms with Gasteiger partial charge in [-0.2, -0.15) is 0 Å². The van der Waals surface area contributed by atoms with Gasteiger partial charge in [-0.05, 0) is 42.8 Å². The minimum absolute atomic E-state index is 0.00765. The van der Waals surface area contributed by atoms with Crippen molar-refractivity contribution < 1.29 is 18.5 Å². The second kappa shape index (κ2) is 8.70. The zero-order chi connectivity index (χ0) is 24.8. The molecule has 0 fully saturated rings. The standard InChI is InChI=1S/C28H19ClN2O5/c1-16-13-23(30-36-16)31-25(24-26(32)20-10-3-5-12-22(20)35-27(24)28(31)33)17-8-6-9-19(14-17)34-15-18-7-2-4-11-21(18)29/h2-14,25H,15H2,1H3/t25-/m0/s1. The van der Waals surface area contributed by atoms with Crippen molar-refractivity contribution in [3.05, 3.63) is 122 Å². The van der Waals surface area contributed by atoms with Crippen molar-refractivity contribution in [2.75, 3.05) is 4.90 Å². The first-order valence-electron chi connectivity index (χ1n) is 11.3. The number of ether oxygens (including phenoxy) is 1. The zero-order valence-electron chi connectivity index (χ0n) is 19.1. The van der Waals surface area contributed by atoms with Gasteiger partial charge in [0.15, 0.2) is 11.2 Å². The second-order valence-corrected chi connectivity index (χ2v) is 8.90. The zero-order valence-corrected chi connectivity index (χ0v) is 19.9. The van der Waals surface area contributed by atoms with E-state index in [1.54, 1.807) is 49.4 Å². The van der Waals surface area contributed by atoms with Crippen molar-refractivity contribution in [2.24, 2.45) is 0 Å². The van der Waals surface area contributed by atoms with E-state index < -0.39 is 11.9 Å². The Morgan fingerprint density at radius 1 is 1.00 bits per heavy atom. The van der Waals surface area contributed by atoms with Gasteiger partial charge < -0.3 is 13.7 Å². The molecule has 0 spiro atoms. The average molecular weight is 499 g/mol. The molecule has 5 aromatic rings. The number of carbonyl (C=O) groups excluding carboxylic acids is 1. The summed E-state index contributed by atoms with van der Waals surface area (Å²) in [5.74, 6) is 0.920. The van der Waals surface area contributed by atoms with Gasteiger partial charge in [0, 0.05) is 16.7 Å². The molecular formula is C28H19ClN2O5. The number of benzene rings is 3. The van der Waals surface area contributed by atoms with E-state index in [1.807, 2.05) is 36.4 Å². The van der Waals surface area contributed by atoms with Gasteiger partial charge in [0.25, 0.3) is 5.91 Å². The van der Waals surface area contributed by atoms with E-state index in [2.05, 4.69) is 5.16 Å². The first-order chi connectivity index (χ1) is 17.5. The summed E-state index contributed by atoms with van der Waals surface area (Å²) in [7, 11) is 0. The van der Waals surface area contributed by atoms with Crippen LogP contribution in [0.1, 0.15) is 39.0 Å². The third-order valence-corrected chi connectivity index (χ3v) is 6.53. The minimum Gasteiger partial charge on any atom is -0.489 e. The summed E-state index contributed by atoms with van der Waals surface area (Å²) in [5.41, 5.74) is 1.85. The third-order valence-electron chi connectivity index (χ3n) is 6.17. The van der Waals surface area contributed by atoms with Crippen molar-refractivity contribution >= 4 is 34.3 Å². The van der Waals surface area contributed by atoms with Crippen molar-refractivity contribution in [1.82, 2.24) is 5.16 Å². The summed E-state index contributed by atoms with van der Waals surface area (Å²) in [6.45, 7) is 2.00. The molecule has 178 valence electrons. The van der Waals surface area contributed by atoms with Crippen LogP contribution in [0.15, 0.2) is 92.6 Å². The highest BCUT2D eigenvalue weighted by molar-refractivity contribution is 6.31. The number of anilines is 1. The van der Waals surface area contributed by atoms with Crippen LogP contribution >= 0.6 is 11.6 Å². The Morgan fingerprint density at radius 3 is 2.61 bits per heavy atom. The Morgan fingerprint density at radius 2 is 1.81 bits per heavy atom. The molecule has 0 N–H and O–H groups in total. The van der Waals surface area contributed by atoms with Crippen LogP contribution in [-0.2, 0) is 6.61 Å². The maximum absolute atomic E-state index is 13.6. The lowest BCUT2D eigenvalue weighted by molar-refractivity contribution is 0.0969. The van der Waals surface area contributed by atoms with Crippen molar-refractivity contribution in [2.45, 2.75) is 19.6 Å². The van der Waals surface area contributed by atoms with Crippen LogP contribution in [0.3, 0.4) is 0 Å². The first kappa shape index (κ1) is 22.1. The molecule has 1 aliphatic rings. The molecule has 3 heterocycles. The fraction of sp³-hybridized carbons (Fsp3) is 0.107. The number of halogens is 1. The summed E-state index contributed by atoms with van der Waals surface area (Å²) in [6.07, 6.45) is 0. The Bertz CT molecular complexity index is 1690. The van der Waals surface area contributed by atoms with E-state index in [1.165, 1.54) is 4.90 Å². The quantitative estimate of drug-likeness (QED) is 0.292. The number of nitrogens with zero attached hydrogens (tertiary/aromatic N) is 2. The van der Waals surface area contributed by atoms with Crippen molar-refractivity contribution in [1.29, 1.82) is 0 Å². The molecule has 8 heteroatoms. The van der Waals surface area contributed by atoms with E-state index in [4.69, 9.17) is 25.3 Å². The molecule has 1 amide bonds. The SMILES string of the molecule is Cc1cc(N2C(=O)c3oc4ccccc4c(=O)c3[C@@H]2c2cccc(OCc3ccccc3Cl)c2)no1. The molecule has 0 aliphatic carbocycles. The van der Waals surface area contributed by atoms with Crippen LogP contribution in [0.25, 0.3) is 11.0 Å². The minimum atomic E-state index is -0.776. The summed E-state index contributed by atoms with van der Waals surface area (Å²) in [6, 6.07) is 22.5. The van der Waals surface area contributed by atoms with Crippen LogP contribution in [-0.4, -0.2) is 11.1 Å². The Labute approximate surface area is 210 Å². The van der Waals surface area contributed by atoms with Gasteiger partial charge in [0.1, 0.15) is 23.7 Å². The van der Waals surface area contributed by atoms with Gasteiger partial charge in [-0.25, -0.2) is 0 Å². The molecule has 0 saturated heterocycles. The van der Waals surface area contributed by atoms with Crippen LogP contribution < -0.4 is 15.1 Å². The van der Waals surface area contributed by atoms with E-state index in [-0.39, 0.29) is 23.4 Å². The number of hydrogen-bond acceptors (Lipinski definition) is 6. The number of hydrogen-bond donors (Lipinski definition) is 0. The fourth-order valence-corrected chi connectivity index (χ4v) is 4.68. The smallest absolute Gasteiger partial charge is 0.296 e. The van der Waals surface area contributed by atoms with Crippen molar-refractivity contribution in [3.63, 3.8) is 0 Å². The number of amides is 1. The molecule has 6 rings (SSSR count). The van der Waals surface area contributed by atoms with Crippen LogP contribution in [0.2, 0.25) is 5.02 Å². The van der Waals surface area contributed by atoms with Gasteiger partial charge >= 0.3 is 0 Å². The van der Waals surface area contributed by atoms with Gasteiger partial charge in [-0.1, -0.05) is 59.2 Å². The number of aryl methyl sites for hydroxylation is 1. The van der Waals surface area contributed by atoms with Crippen molar-refractivity contribution in [3.8, 4) is 5.75 Å². The molecule has 2 aromatic heterocycles. The molecule has 0 radical (unpaired) electrons. The Kier molecular flexibility index (Phi) is 5.34. The molecule has 7 nitrogen and oxygen atoms in total. The Balaban J connectivity index is 1.47. The highest BCUT2D eigenvalue weighted by Gasteiger charge is 2.45. The van der Waals surface area contributed by atoms with E-state index in [9.17, 15) is 9.59 Å². The highest BCUT2D eigenvalue weighted by Crippen LogP contribution is 2.41. The summed E-state index contributed by atoms with van der Waals surface area (Å²) >= 11 is 6.27. The van der Waals surface area contributed by atoms with Gasteiger partial charge in [-0.3, -0.25) is 14.5 Å². The van der Waals surface area contributed by atoms with Crippen LogP contribution in [0.4, 0.5) is 5.82 Å². The normalized spacial score (nSPS) is 14.9. The molecule has 0 unspecified atom stereocenters. The summed E-state index contributed by atoms with van der Waals surface area (Å²) in [5, 5.41) is 5.07. The van der Waals surface area contributed by atoms with Crippen LogP contribution in [0, 0.1) is 6.92 Å². The van der Waals surface area contributed by atoms with Crippen LogP contribution in [0.5, 0.6) is 5.75 Å². The average Bonchev–Trinajstić information content (AvgIpc) is 3.44. The number of aromatic nitrogens is 1. The lowest BCUT2D eigenvalue weighted by atomic mass is 9.98. The number of carbonyl (C=O) groups is 1. The summed E-state index contributed by atoms with van der Waals surface area (Å²) in [4.78, 5) is 28.6. The molecule has 0 saturated carbocycles. The maximum Gasteiger partial charge on any atom is 0.296 e. The monoisotopic (exact) mass is 498 g/mol. The van der Waals surface area contributed by atoms with E-state index in [0.717, 1.165) is 5.56 Å². The summed E-state index contributed by atoms with van der Waals surface area (Å²) < 4.78 is 17.2. The predicted molar refractivity (Wildman–Crippen MR) is 135 cm³/mol. The molecule has 36 heavy (non-hydrogen) atoms. The molecule has 0 bridgehead atoms. The Hall–Kier alpha value is -4.36. The predicted octanol–water partition coefficient (Wildman–Crippen LogP) is 6.07. The van der Waals surface area contributed by atoms with Gasteiger partial charge in [0.05, 0.1) is 17.0 Å². The third kappa shape index (κ3) is 3.65.